The van der Waals surface area contributed by atoms with E-state index in [-0.39, 0.29) is 54.7 Å². The maximum absolute atomic E-state index is 15.4. The second kappa shape index (κ2) is 7.44. The lowest BCUT2D eigenvalue weighted by molar-refractivity contribution is -0.199. The third-order valence-electron chi connectivity index (χ3n) is 9.12. The van der Waals surface area contributed by atoms with Crippen LogP contribution in [-0.2, 0) is 14.3 Å². The van der Waals surface area contributed by atoms with Gasteiger partial charge in [0.2, 0.25) is 0 Å². The van der Waals surface area contributed by atoms with Crippen LogP contribution in [-0.4, -0.2) is 57.4 Å². The van der Waals surface area contributed by atoms with Gasteiger partial charge in [-0.05, 0) is 61.9 Å². The molecular formula is C24H35FO6. The summed E-state index contributed by atoms with van der Waals surface area (Å²) in [6.07, 6.45) is -0.335. The first-order valence-electron chi connectivity index (χ1n) is 11.5. The monoisotopic (exact) mass is 438 g/mol. The lowest BCUT2D eigenvalue weighted by Crippen LogP contribution is -2.64. The molecule has 0 aliphatic heterocycles. The van der Waals surface area contributed by atoms with Crippen molar-refractivity contribution in [3.05, 3.63) is 11.4 Å². The van der Waals surface area contributed by atoms with E-state index in [4.69, 9.17) is 4.74 Å². The van der Waals surface area contributed by atoms with Crippen LogP contribution < -0.4 is 0 Å². The first kappa shape index (κ1) is 23.0. The summed E-state index contributed by atoms with van der Waals surface area (Å²) in [5, 5.41) is 32.8. The van der Waals surface area contributed by atoms with Crippen LogP contribution >= 0.6 is 0 Å². The maximum Gasteiger partial charge on any atom is 0.192 e. The number of ketones is 2. The molecule has 3 saturated carbocycles. The molecule has 6 nitrogen and oxygen atoms in total. The van der Waals surface area contributed by atoms with Gasteiger partial charge in [-0.3, -0.25) is 9.59 Å². The molecule has 4 aliphatic rings. The van der Waals surface area contributed by atoms with Crippen LogP contribution in [0.4, 0.5) is 4.39 Å². The summed E-state index contributed by atoms with van der Waals surface area (Å²) in [5.41, 5.74) is -3.09. The van der Waals surface area contributed by atoms with Gasteiger partial charge in [0.25, 0.3) is 0 Å². The molecule has 7 heteroatoms. The minimum Gasteiger partial charge on any atom is -0.393 e. The Morgan fingerprint density at radius 1 is 1.32 bits per heavy atom. The van der Waals surface area contributed by atoms with Gasteiger partial charge in [-0.2, -0.15) is 0 Å². The van der Waals surface area contributed by atoms with Crippen molar-refractivity contribution in [3.63, 3.8) is 0 Å². The summed E-state index contributed by atoms with van der Waals surface area (Å²) in [7, 11) is 0. The third-order valence-corrected chi connectivity index (χ3v) is 9.12. The zero-order chi connectivity index (χ0) is 22.9. The Morgan fingerprint density at radius 3 is 2.61 bits per heavy atom. The number of allylic oxidation sites excluding steroid dienone is 2. The Labute approximate surface area is 182 Å². The second-order valence-corrected chi connectivity index (χ2v) is 11.0. The van der Waals surface area contributed by atoms with Crippen molar-refractivity contribution in [3.8, 4) is 0 Å². The molecule has 174 valence electrons. The van der Waals surface area contributed by atoms with E-state index in [2.05, 4.69) is 0 Å². The molecule has 3 N–H and O–H groups in total. The highest BCUT2D eigenvalue weighted by molar-refractivity contribution is 5.90. The van der Waals surface area contributed by atoms with Crippen molar-refractivity contribution in [1.82, 2.24) is 0 Å². The minimum atomic E-state index is -1.95. The normalized spacial score (nSPS) is 47.3. The van der Waals surface area contributed by atoms with E-state index < -0.39 is 41.0 Å². The van der Waals surface area contributed by atoms with E-state index in [9.17, 15) is 24.9 Å². The second-order valence-electron chi connectivity index (χ2n) is 11.0. The molecule has 4 aliphatic carbocycles. The number of ether oxygens (including phenoxy) is 1. The van der Waals surface area contributed by atoms with Gasteiger partial charge in [0.15, 0.2) is 11.4 Å². The maximum atomic E-state index is 15.4. The van der Waals surface area contributed by atoms with E-state index in [0.717, 1.165) is 0 Å². The Bertz CT molecular complexity index is 823. The number of halogens is 1. The van der Waals surface area contributed by atoms with E-state index in [1.807, 2.05) is 20.8 Å². The molecule has 4 rings (SSSR count). The van der Waals surface area contributed by atoms with Crippen LogP contribution in [0.5, 0.6) is 0 Å². The molecule has 0 heterocycles. The number of rotatable bonds is 4. The van der Waals surface area contributed by atoms with Crippen LogP contribution in [0.15, 0.2) is 11.4 Å². The van der Waals surface area contributed by atoms with Crippen molar-refractivity contribution in [2.75, 3.05) is 6.61 Å². The van der Waals surface area contributed by atoms with Crippen molar-refractivity contribution in [1.29, 1.82) is 0 Å². The number of aliphatic hydroxyl groups is 3. The molecular weight excluding hydrogens is 403 g/mol. The summed E-state index contributed by atoms with van der Waals surface area (Å²) >= 11 is 0. The van der Waals surface area contributed by atoms with E-state index >= 15 is 4.39 Å². The zero-order valence-electron chi connectivity index (χ0n) is 18.9. The number of hydrogen-bond acceptors (Lipinski definition) is 6. The first-order valence-corrected chi connectivity index (χ1v) is 11.5. The molecule has 0 spiro atoms. The number of carbonyl (C=O) groups excluding carboxylic acids is 2. The standard InChI is InChI=1S/C24H35FO6/c1-12(2)31-20-9-15-14-8-17(25)16-7-13(27)5-6-22(16,3)21(14)18(28)10-23(15,4)24(20,30)19(29)11-26/h12,14-15,18,20-21,26,28,30H,5-11H2,1-4H3. The zero-order valence-corrected chi connectivity index (χ0v) is 18.9. The Kier molecular flexibility index (Phi) is 5.52. The molecule has 0 aromatic heterocycles. The minimum absolute atomic E-state index is 0.0328. The predicted octanol–water partition coefficient (Wildman–Crippen LogP) is 2.48. The summed E-state index contributed by atoms with van der Waals surface area (Å²) in [6.45, 7) is 6.55. The van der Waals surface area contributed by atoms with Crippen LogP contribution in [0.3, 0.4) is 0 Å². The van der Waals surface area contributed by atoms with Gasteiger partial charge in [0.05, 0.1) is 18.3 Å². The van der Waals surface area contributed by atoms with Gasteiger partial charge in [0.1, 0.15) is 18.2 Å². The molecule has 8 unspecified atom stereocenters. The van der Waals surface area contributed by atoms with Crippen LogP contribution in [0.1, 0.15) is 66.2 Å². The quantitative estimate of drug-likeness (QED) is 0.623. The van der Waals surface area contributed by atoms with Crippen molar-refractivity contribution in [2.24, 2.45) is 28.6 Å². The average Bonchev–Trinajstić information content (AvgIpc) is 2.90. The highest BCUT2D eigenvalue weighted by Gasteiger charge is 2.72. The number of Topliss-reactive ketones (excluding diaryl/α,β-unsaturated/α-hetero) is 2. The SMILES string of the molecule is CC(C)OC1CC2C3CC(F)=C4CC(=O)CCC4(C)C3C(O)CC2(C)C1(O)C(=O)CO. The average molecular weight is 439 g/mol. The lowest BCUT2D eigenvalue weighted by Gasteiger charge is -2.59. The Morgan fingerprint density at radius 2 is 2.00 bits per heavy atom. The molecule has 0 radical (unpaired) electrons. The molecule has 0 aromatic carbocycles. The van der Waals surface area contributed by atoms with Gasteiger partial charge >= 0.3 is 0 Å². The lowest BCUT2D eigenvalue weighted by atomic mass is 9.45. The number of carbonyl (C=O) groups is 2. The topological polar surface area (TPSA) is 104 Å². The van der Waals surface area contributed by atoms with Gasteiger partial charge in [-0.25, -0.2) is 4.39 Å². The van der Waals surface area contributed by atoms with Gasteiger partial charge < -0.3 is 20.1 Å². The highest BCUT2D eigenvalue weighted by Crippen LogP contribution is 2.68. The van der Waals surface area contributed by atoms with E-state index in [0.29, 0.717) is 24.8 Å². The van der Waals surface area contributed by atoms with Crippen LogP contribution in [0.25, 0.3) is 0 Å². The fraction of sp³-hybridized carbons (Fsp3) is 0.833. The Balaban J connectivity index is 1.81. The smallest absolute Gasteiger partial charge is 0.192 e. The summed E-state index contributed by atoms with van der Waals surface area (Å²) < 4.78 is 21.4. The van der Waals surface area contributed by atoms with Crippen LogP contribution in [0.2, 0.25) is 0 Å². The highest BCUT2D eigenvalue weighted by atomic mass is 19.1. The molecule has 31 heavy (non-hydrogen) atoms. The summed E-state index contributed by atoms with van der Waals surface area (Å²) in [4.78, 5) is 24.9. The molecule has 3 fully saturated rings. The number of aliphatic hydroxyl groups excluding tert-OH is 2. The third kappa shape index (κ3) is 3.03. The number of hydrogen-bond donors (Lipinski definition) is 3. The van der Waals surface area contributed by atoms with Crippen molar-refractivity contribution >= 4 is 11.6 Å². The first-order chi connectivity index (χ1) is 14.4. The Hall–Kier alpha value is -1.15. The largest absolute Gasteiger partial charge is 0.393 e. The molecule has 0 aromatic rings. The van der Waals surface area contributed by atoms with Gasteiger partial charge in [0, 0.05) is 24.7 Å². The summed E-state index contributed by atoms with van der Waals surface area (Å²) in [6, 6.07) is 0. The molecule has 0 bridgehead atoms. The molecule has 0 saturated heterocycles. The molecule has 8 atom stereocenters. The van der Waals surface area contributed by atoms with E-state index in [1.54, 1.807) is 6.92 Å². The van der Waals surface area contributed by atoms with Crippen LogP contribution in [0, 0.1) is 28.6 Å². The fourth-order valence-corrected chi connectivity index (χ4v) is 7.77. The van der Waals surface area contributed by atoms with Gasteiger partial charge in [-0.1, -0.05) is 13.8 Å². The van der Waals surface area contributed by atoms with Crippen molar-refractivity contribution in [2.45, 2.75) is 90.1 Å². The van der Waals surface area contributed by atoms with Crippen molar-refractivity contribution < 1.29 is 34.0 Å². The van der Waals surface area contributed by atoms with Gasteiger partial charge in [-0.15, -0.1) is 0 Å². The fourth-order valence-electron chi connectivity index (χ4n) is 7.77. The molecule has 0 amide bonds. The predicted molar refractivity (Wildman–Crippen MR) is 111 cm³/mol. The van der Waals surface area contributed by atoms with E-state index in [1.165, 1.54) is 0 Å². The number of fused-ring (bicyclic) bond motifs is 5. The summed E-state index contributed by atoms with van der Waals surface area (Å²) in [5.74, 6) is -1.75.